The molecule has 1 aromatic heterocycles. The van der Waals surface area contributed by atoms with Crippen molar-refractivity contribution in [2.75, 3.05) is 27.2 Å². The molecule has 1 saturated heterocycles. The van der Waals surface area contributed by atoms with E-state index in [1.807, 2.05) is 57.1 Å². The van der Waals surface area contributed by atoms with Gasteiger partial charge in [-0.3, -0.25) is 9.78 Å². The van der Waals surface area contributed by atoms with Gasteiger partial charge >= 0.3 is 0 Å². The lowest BCUT2D eigenvalue weighted by Gasteiger charge is -2.21. The summed E-state index contributed by atoms with van der Waals surface area (Å²) in [5.41, 5.74) is 3.41. The quantitative estimate of drug-likeness (QED) is 0.915. The molecule has 5 nitrogen and oxygen atoms in total. The van der Waals surface area contributed by atoms with Gasteiger partial charge in [-0.15, -0.1) is 0 Å². The number of aryl methyl sites for hydroxylation is 2. The van der Waals surface area contributed by atoms with E-state index in [2.05, 4.69) is 4.98 Å². The van der Waals surface area contributed by atoms with E-state index in [9.17, 15) is 9.90 Å². The van der Waals surface area contributed by atoms with E-state index in [-0.39, 0.29) is 11.9 Å². The maximum atomic E-state index is 12.8. The van der Waals surface area contributed by atoms with Crippen molar-refractivity contribution in [3.05, 3.63) is 41.1 Å². The van der Waals surface area contributed by atoms with E-state index >= 15 is 0 Å². The van der Waals surface area contributed by atoms with Crippen LogP contribution >= 0.6 is 0 Å². The Hall–Kier alpha value is -1.98. The van der Waals surface area contributed by atoms with Gasteiger partial charge in [0, 0.05) is 18.5 Å². The third-order valence-corrected chi connectivity index (χ3v) is 4.60. The predicted molar refractivity (Wildman–Crippen MR) is 90.6 cm³/mol. The summed E-state index contributed by atoms with van der Waals surface area (Å²) in [6, 6.07) is 7.94. The molecule has 0 radical (unpaired) electrons. The summed E-state index contributed by atoms with van der Waals surface area (Å²) < 4.78 is 0. The normalized spacial score (nSPS) is 21.4. The number of likely N-dealkylation sites (N-methyl/N-ethyl adjacent to an activating group) is 1. The van der Waals surface area contributed by atoms with Crippen LogP contribution in [0.3, 0.4) is 0 Å². The molecule has 2 heterocycles. The van der Waals surface area contributed by atoms with E-state index in [1.54, 1.807) is 4.90 Å². The first kappa shape index (κ1) is 15.9. The number of nitrogens with zero attached hydrogens (tertiary/aromatic N) is 3. The van der Waals surface area contributed by atoms with Crippen LogP contribution in [0.25, 0.3) is 10.9 Å². The van der Waals surface area contributed by atoms with Crippen molar-refractivity contribution in [3.63, 3.8) is 0 Å². The van der Waals surface area contributed by atoms with Crippen LogP contribution in [-0.2, 0) is 0 Å². The molecule has 3 rings (SSSR count). The van der Waals surface area contributed by atoms with Crippen molar-refractivity contribution in [2.24, 2.45) is 0 Å². The molecule has 1 fully saturated rings. The number of aliphatic hydroxyl groups excluding tert-OH is 1. The SMILES string of the molecule is Cc1ccc2cc(C(=O)N3C[C@H](O)[C@@H](N(C)C)C3)c(C)nc2c1. The molecule has 0 unspecified atom stereocenters. The molecule has 1 aliphatic heterocycles. The molecule has 1 amide bonds. The van der Waals surface area contributed by atoms with Gasteiger partial charge in [0.25, 0.3) is 5.91 Å². The Balaban J connectivity index is 1.92. The molecule has 0 aliphatic carbocycles. The van der Waals surface area contributed by atoms with Crippen molar-refractivity contribution >= 4 is 16.8 Å². The number of carbonyl (C=O) groups excluding carboxylic acids is 1. The lowest BCUT2D eigenvalue weighted by atomic mass is 10.1. The standard InChI is InChI=1S/C18H23N3O2/c1-11-5-6-13-8-14(12(2)19-15(13)7-11)18(23)21-9-16(20(3)4)17(22)10-21/h5-8,16-17,22H,9-10H2,1-4H3/t16-,17-/m0/s1. The van der Waals surface area contributed by atoms with Crippen molar-refractivity contribution in [2.45, 2.75) is 26.0 Å². The summed E-state index contributed by atoms with van der Waals surface area (Å²) in [5.74, 6) is -0.0547. The Morgan fingerprint density at radius 3 is 2.65 bits per heavy atom. The molecular weight excluding hydrogens is 290 g/mol. The van der Waals surface area contributed by atoms with Crippen molar-refractivity contribution in [1.82, 2.24) is 14.8 Å². The van der Waals surface area contributed by atoms with Gasteiger partial charge < -0.3 is 14.9 Å². The van der Waals surface area contributed by atoms with Gasteiger partial charge in [-0.05, 0) is 45.6 Å². The van der Waals surface area contributed by atoms with Gasteiger partial charge in [0.1, 0.15) is 0 Å². The summed E-state index contributed by atoms with van der Waals surface area (Å²) in [7, 11) is 3.85. The Morgan fingerprint density at radius 1 is 1.26 bits per heavy atom. The van der Waals surface area contributed by atoms with E-state index in [4.69, 9.17) is 0 Å². The molecule has 122 valence electrons. The van der Waals surface area contributed by atoms with Crippen LogP contribution in [0.5, 0.6) is 0 Å². The van der Waals surface area contributed by atoms with Crippen LogP contribution in [0.1, 0.15) is 21.6 Å². The van der Waals surface area contributed by atoms with Crippen molar-refractivity contribution in [1.29, 1.82) is 0 Å². The third-order valence-electron chi connectivity index (χ3n) is 4.60. The van der Waals surface area contributed by atoms with Crippen molar-refractivity contribution in [3.8, 4) is 0 Å². The third kappa shape index (κ3) is 2.94. The Morgan fingerprint density at radius 2 is 2.00 bits per heavy atom. The first-order valence-electron chi connectivity index (χ1n) is 7.88. The lowest BCUT2D eigenvalue weighted by molar-refractivity contribution is 0.0763. The second-order valence-corrected chi connectivity index (χ2v) is 6.63. The number of hydrogen-bond donors (Lipinski definition) is 1. The zero-order valence-electron chi connectivity index (χ0n) is 14.1. The highest BCUT2D eigenvalue weighted by Gasteiger charge is 2.36. The fourth-order valence-electron chi connectivity index (χ4n) is 3.20. The van der Waals surface area contributed by atoms with Crippen LogP contribution in [0, 0.1) is 13.8 Å². The van der Waals surface area contributed by atoms with Crippen molar-refractivity contribution < 1.29 is 9.90 Å². The van der Waals surface area contributed by atoms with Gasteiger partial charge in [0.15, 0.2) is 0 Å². The lowest BCUT2D eigenvalue weighted by Crippen LogP contribution is -2.38. The highest BCUT2D eigenvalue weighted by Crippen LogP contribution is 2.22. The Bertz CT molecular complexity index is 757. The van der Waals surface area contributed by atoms with Gasteiger partial charge in [-0.25, -0.2) is 0 Å². The van der Waals surface area contributed by atoms with Gasteiger partial charge in [0.2, 0.25) is 0 Å². The van der Waals surface area contributed by atoms with E-state index in [1.165, 1.54) is 0 Å². The number of β-amino-alcohol motifs (C(OH)–C–C–N with tert-alkyl or cyclic N) is 1. The fourth-order valence-corrected chi connectivity index (χ4v) is 3.20. The van der Waals surface area contributed by atoms with Crippen LogP contribution in [-0.4, -0.2) is 65.1 Å². The summed E-state index contributed by atoms with van der Waals surface area (Å²) >= 11 is 0. The summed E-state index contributed by atoms with van der Waals surface area (Å²) in [6.07, 6.45) is -0.509. The van der Waals surface area contributed by atoms with Crippen LogP contribution in [0.2, 0.25) is 0 Å². The van der Waals surface area contributed by atoms with E-state index in [0.717, 1.165) is 22.2 Å². The van der Waals surface area contributed by atoms with Crippen LogP contribution in [0.15, 0.2) is 24.3 Å². The molecule has 5 heteroatoms. The number of aromatic nitrogens is 1. The second kappa shape index (κ2) is 5.91. The number of carbonyl (C=O) groups is 1. The number of rotatable bonds is 2. The Labute approximate surface area is 136 Å². The molecule has 23 heavy (non-hydrogen) atoms. The molecule has 1 N–H and O–H groups in total. The van der Waals surface area contributed by atoms with Gasteiger partial charge in [-0.1, -0.05) is 12.1 Å². The Kier molecular flexibility index (Phi) is 4.08. The average molecular weight is 313 g/mol. The zero-order valence-corrected chi connectivity index (χ0v) is 14.1. The molecule has 2 atom stereocenters. The number of amides is 1. The summed E-state index contributed by atoms with van der Waals surface area (Å²) in [4.78, 5) is 21.1. The predicted octanol–water partition coefficient (Wildman–Crippen LogP) is 1.60. The number of benzene rings is 1. The van der Waals surface area contributed by atoms with Gasteiger partial charge in [-0.2, -0.15) is 0 Å². The largest absolute Gasteiger partial charge is 0.390 e. The summed E-state index contributed by atoms with van der Waals surface area (Å²) in [5, 5.41) is 11.1. The van der Waals surface area contributed by atoms with Crippen LogP contribution < -0.4 is 0 Å². The fraction of sp³-hybridized carbons (Fsp3) is 0.444. The van der Waals surface area contributed by atoms with Crippen LogP contribution in [0.4, 0.5) is 0 Å². The molecule has 0 spiro atoms. The summed E-state index contributed by atoms with van der Waals surface area (Å²) in [6.45, 7) is 4.80. The first-order chi connectivity index (χ1) is 10.9. The molecule has 0 saturated carbocycles. The van der Waals surface area contributed by atoms with E-state index < -0.39 is 6.10 Å². The zero-order chi connectivity index (χ0) is 16.7. The average Bonchev–Trinajstić information content (AvgIpc) is 2.88. The first-order valence-corrected chi connectivity index (χ1v) is 7.88. The number of aliphatic hydroxyl groups is 1. The number of pyridine rings is 1. The highest BCUT2D eigenvalue weighted by molar-refractivity contribution is 5.99. The number of hydrogen-bond acceptors (Lipinski definition) is 4. The monoisotopic (exact) mass is 313 g/mol. The molecular formula is C18H23N3O2. The molecule has 0 bridgehead atoms. The highest BCUT2D eigenvalue weighted by atomic mass is 16.3. The van der Waals surface area contributed by atoms with E-state index in [0.29, 0.717) is 18.7 Å². The molecule has 2 aromatic rings. The second-order valence-electron chi connectivity index (χ2n) is 6.63. The topological polar surface area (TPSA) is 56.7 Å². The molecule has 1 aliphatic rings. The number of fused-ring (bicyclic) bond motifs is 1. The minimum atomic E-state index is -0.509. The smallest absolute Gasteiger partial charge is 0.255 e. The minimum Gasteiger partial charge on any atom is -0.390 e. The minimum absolute atomic E-state index is 0.0182. The van der Waals surface area contributed by atoms with Gasteiger partial charge in [0.05, 0.1) is 28.9 Å². The number of likely N-dealkylation sites (tertiary alicyclic amines) is 1. The maximum absolute atomic E-state index is 12.8. The molecule has 1 aromatic carbocycles. The maximum Gasteiger partial charge on any atom is 0.255 e.